The second kappa shape index (κ2) is 14.4. The summed E-state index contributed by atoms with van der Waals surface area (Å²) in [5, 5.41) is 2.87. The van der Waals surface area contributed by atoms with Crippen molar-refractivity contribution in [1.29, 1.82) is 0 Å². The van der Waals surface area contributed by atoms with Gasteiger partial charge in [-0.05, 0) is 53.2 Å². The van der Waals surface area contributed by atoms with Crippen molar-refractivity contribution in [2.24, 2.45) is 0 Å². The second-order valence-electron chi connectivity index (χ2n) is 10.5. The number of anilines is 1. The fourth-order valence-corrected chi connectivity index (χ4v) is 6.96. The smallest absolute Gasteiger partial charge is 0.259 e. The zero-order valence-corrected chi connectivity index (χ0v) is 26.1. The number of carbonyl (C=O) groups excluding carboxylic acids is 1. The first kappa shape index (κ1) is 31.9. The standard InChI is InChI=1S/C29H40N7O5P/c1-9-22-24(41-42(39-16-15-30-7)36(18(2)3)19(4)5)25(38-8)29(40-22)35-20(6)33-23-26(31-17-32-27(23)35)34-28(37)21-13-11-10-12-14-21/h10-14,17-19,22,24-25,29H,9,15-16H2,1-6,8H3,(H,31,32,34,37)/t22-,24-,25-,29-,42?/m1/s1. The number of benzene rings is 1. The van der Waals surface area contributed by atoms with Crippen LogP contribution in [0.15, 0.2) is 36.7 Å². The third-order valence-electron chi connectivity index (χ3n) is 7.00. The summed E-state index contributed by atoms with van der Waals surface area (Å²) in [5.41, 5.74) is 1.47. The Labute approximate surface area is 248 Å². The van der Waals surface area contributed by atoms with Crippen molar-refractivity contribution in [3.63, 3.8) is 0 Å². The van der Waals surface area contributed by atoms with Crippen LogP contribution in [0.25, 0.3) is 16.0 Å². The first-order valence-electron chi connectivity index (χ1n) is 14.2. The van der Waals surface area contributed by atoms with Crippen LogP contribution >= 0.6 is 8.53 Å². The highest BCUT2D eigenvalue weighted by Gasteiger charge is 2.49. The van der Waals surface area contributed by atoms with Gasteiger partial charge >= 0.3 is 0 Å². The molecule has 0 saturated carbocycles. The van der Waals surface area contributed by atoms with Gasteiger partial charge in [0.1, 0.15) is 31.0 Å². The Kier molecular flexibility index (Phi) is 11.0. The van der Waals surface area contributed by atoms with Crippen LogP contribution in [0.3, 0.4) is 0 Å². The molecule has 2 aromatic heterocycles. The van der Waals surface area contributed by atoms with E-state index in [-0.39, 0.29) is 37.2 Å². The van der Waals surface area contributed by atoms with E-state index < -0.39 is 27.0 Å². The molecule has 1 unspecified atom stereocenters. The molecule has 0 aliphatic carbocycles. The summed E-state index contributed by atoms with van der Waals surface area (Å²) in [5.74, 6) is 0.647. The lowest BCUT2D eigenvalue weighted by atomic mass is 10.1. The maximum absolute atomic E-state index is 12.9. The van der Waals surface area contributed by atoms with E-state index in [1.54, 1.807) is 31.4 Å². The zero-order chi connectivity index (χ0) is 30.4. The van der Waals surface area contributed by atoms with Crippen LogP contribution in [0.2, 0.25) is 0 Å². The average molecular weight is 598 g/mol. The van der Waals surface area contributed by atoms with Gasteiger partial charge in [0, 0.05) is 24.8 Å². The Morgan fingerprint density at radius 1 is 1.19 bits per heavy atom. The number of methoxy groups -OCH3 is 1. The lowest BCUT2D eigenvalue weighted by molar-refractivity contribution is -0.0504. The van der Waals surface area contributed by atoms with Gasteiger partial charge < -0.3 is 28.7 Å². The molecule has 226 valence electrons. The van der Waals surface area contributed by atoms with E-state index in [0.717, 1.165) is 0 Å². The van der Waals surface area contributed by atoms with E-state index in [9.17, 15) is 4.79 Å². The Morgan fingerprint density at radius 3 is 2.52 bits per heavy atom. The summed E-state index contributed by atoms with van der Waals surface area (Å²) in [7, 11) is 0.120. The van der Waals surface area contributed by atoms with Crippen LogP contribution in [-0.2, 0) is 18.5 Å². The SMILES string of the molecule is [C-]#[N+]CCOP(O[C@H]1[C@@H](OC)[C@H](n2c(C)nc3c(NC(=O)c4ccccc4)ncnc32)O[C@@H]1CC)N(C(C)C)C(C)C. The van der Waals surface area contributed by atoms with Crippen LogP contribution in [0.4, 0.5) is 5.82 Å². The fraction of sp³-hybridized carbons (Fsp3) is 0.552. The lowest BCUT2D eigenvalue weighted by Gasteiger charge is -2.38. The van der Waals surface area contributed by atoms with Crippen molar-refractivity contribution in [2.45, 2.75) is 84.6 Å². The van der Waals surface area contributed by atoms with Gasteiger partial charge in [-0.1, -0.05) is 25.1 Å². The topological polar surface area (TPSA) is 117 Å². The molecule has 42 heavy (non-hydrogen) atoms. The molecule has 1 saturated heterocycles. The van der Waals surface area contributed by atoms with E-state index in [1.165, 1.54) is 6.33 Å². The van der Waals surface area contributed by atoms with Gasteiger partial charge in [-0.2, -0.15) is 0 Å². The van der Waals surface area contributed by atoms with Crippen LogP contribution in [-0.4, -0.2) is 80.8 Å². The third kappa shape index (κ3) is 6.78. The second-order valence-corrected chi connectivity index (χ2v) is 11.9. The summed E-state index contributed by atoms with van der Waals surface area (Å²) in [6, 6.07) is 9.24. The molecule has 1 fully saturated rings. The maximum Gasteiger partial charge on any atom is 0.259 e. The molecule has 4 rings (SSSR count). The van der Waals surface area contributed by atoms with Crippen molar-refractivity contribution < 1.29 is 23.3 Å². The van der Waals surface area contributed by atoms with Crippen LogP contribution in [0.1, 0.15) is 63.4 Å². The Morgan fingerprint density at radius 2 is 1.90 bits per heavy atom. The molecule has 1 aliphatic rings. The highest BCUT2D eigenvalue weighted by molar-refractivity contribution is 7.44. The summed E-state index contributed by atoms with van der Waals surface area (Å²) in [6.07, 6.45) is 0.199. The highest BCUT2D eigenvalue weighted by atomic mass is 31.2. The van der Waals surface area contributed by atoms with Gasteiger partial charge in [-0.15, -0.1) is 0 Å². The number of hydrogen-bond donors (Lipinski definition) is 1. The quantitative estimate of drug-likeness (QED) is 0.158. The minimum Gasteiger partial charge on any atom is -0.374 e. The van der Waals surface area contributed by atoms with Crippen molar-refractivity contribution >= 4 is 31.4 Å². The molecule has 0 bridgehead atoms. The molecule has 1 N–H and O–H groups in total. The molecule has 1 aliphatic heterocycles. The normalized spacial score (nSPS) is 21.4. The number of ether oxygens (including phenoxy) is 2. The number of amides is 1. The van der Waals surface area contributed by atoms with Crippen LogP contribution in [0.5, 0.6) is 0 Å². The largest absolute Gasteiger partial charge is 0.374 e. The minimum atomic E-state index is -1.51. The summed E-state index contributed by atoms with van der Waals surface area (Å²) in [6.45, 7) is 20.0. The minimum absolute atomic E-state index is 0.157. The summed E-state index contributed by atoms with van der Waals surface area (Å²) >= 11 is 0. The monoisotopic (exact) mass is 597 g/mol. The summed E-state index contributed by atoms with van der Waals surface area (Å²) in [4.78, 5) is 29.9. The predicted molar refractivity (Wildman–Crippen MR) is 161 cm³/mol. The molecular weight excluding hydrogens is 557 g/mol. The van der Waals surface area contributed by atoms with Gasteiger partial charge in [0.05, 0.1) is 6.10 Å². The Hall–Kier alpha value is -3.04. The number of aromatic nitrogens is 4. The summed E-state index contributed by atoms with van der Waals surface area (Å²) < 4.78 is 29.6. The molecule has 12 nitrogen and oxygen atoms in total. The number of carbonyl (C=O) groups is 1. The van der Waals surface area contributed by atoms with Crippen molar-refractivity contribution in [1.82, 2.24) is 24.2 Å². The Balaban J connectivity index is 1.66. The first-order valence-corrected chi connectivity index (χ1v) is 15.3. The van der Waals surface area contributed by atoms with E-state index in [1.807, 2.05) is 24.5 Å². The molecule has 1 amide bonds. The van der Waals surface area contributed by atoms with E-state index >= 15 is 0 Å². The molecular formula is C29H40N7O5P. The van der Waals surface area contributed by atoms with Gasteiger partial charge in [-0.25, -0.2) is 26.2 Å². The Bertz CT molecular complexity index is 1370. The van der Waals surface area contributed by atoms with E-state index in [4.69, 9.17) is 30.1 Å². The molecule has 13 heteroatoms. The van der Waals surface area contributed by atoms with Crippen molar-refractivity contribution in [3.05, 3.63) is 59.5 Å². The number of fused-ring (bicyclic) bond motifs is 1. The average Bonchev–Trinajstić information content (AvgIpc) is 3.49. The number of aryl methyl sites for hydroxylation is 1. The van der Waals surface area contributed by atoms with Crippen LogP contribution < -0.4 is 5.32 Å². The fourth-order valence-electron chi connectivity index (χ4n) is 5.20. The van der Waals surface area contributed by atoms with Gasteiger partial charge in [-0.3, -0.25) is 9.36 Å². The van der Waals surface area contributed by atoms with Crippen molar-refractivity contribution in [3.8, 4) is 0 Å². The zero-order valence-electron chi connectivity index (χ0n) is 25.2. The van der Waals surface area contributed by atoms with E-state index in [0.29, 0.717) is 34.8 Å². The molecule has 1 aromatic carbocycles. The molecule has 0 spiro atoms. The van der Waals surface area contributed by atoms with Crippen molar-refractivity contribution in [2.75, 3.05) is 25.6 Å². The van der Waals surface area contributed by atoms with Gasteiger partial charge in [0.25, 0.3) is 14.4 Å². The van der Waals surface area contributed by atoms with Crippen LogP contribution in [0, 0.1) is 13.5 Å². The number of nitrogens with one attached hydrogen (secondary N) is 1. The third-order valence-corrected chi connectivity index (χ3v) is 9.13. The number of hydrogen-bond acceptors (Lipinski definition) is 9. The van der Waals surface area contributed by atoms with Gasteiger partial charge in [0.2, 0.25) is 6.54 Å². The number of nitrogens with zero attached hydrogens (tertiary/aromatic N) is 6. The first-order chi connectivity index (χ1) is 20.2. The molecule has 5 atom stereocenters. The lowest BCUT2D eigenvalue weighted by Crippen LogP contribution is -2.39. The maximum atomic E-state index is 12.9. The molecule has 3 aromatic rings. The van der Waals surface area contributed by atoms with Gasteiger partial charge in [0.15, 0.2) is 23.2 Å². The van der Waals surface area contributed by atoms with E-state index in [2.05, 4.69) is 52.5 Å². The highest BCUT2D eigenvalue weighted by Crippen LogP contribution is 2.51. The molecule has 0 radical (unpaired) electrons. The predicted octanol–water partition coefficient (Wildman–Crippen LogP) is 5.38. The molecule has 3 heterocycles. The number of imidazole rings is 1. The number of rotatable bonds is 13.